The Morgan fingerprint density at radius 2 is 1.56 bits per heavy atom. The molecule has 1 aliphatic rings. The molecule has 1 aliphatic carbocycles. The van der Waals surface area contributed by atoms with E-state index in [2.05, 4.69) is 5.32 Å². The Labute approximate surface area is 208 Å². The van der Waals surface area contributed by atoms with E-state index in [1.54, 1.807) is 42.5 Å². The Morgan fingerprint density at radius 1 is 0.882 bits per heavy atom. The summed E-state index contributed by atoms with van der Waals surface area (Å²) in [4.78, 5) is 26.1. The smallest absolute Gasteiger partial charge is 0.251 e. The maximum absolute atomic E-state index is 14.8. The Balaban J connectivity index is 1.55. The quantitative estimate of drug-likeness (QED) is 0.280. The molecule has 0 aliphatic heterocycles. The molecule has 0 saturated heterocycles. The number of ketones is 1. The van der Waals surface area contributed by atoms with Gasteiger partial charge in [-0.05, 0) is 79.9 Å². The minimum atomic E-state index is -0.321. The van der Waals surface area contributed by atoms with Crippen molar-refractivity contribution in [2.45, 2.75) is 45.1 Å². The second-order valence-electron chi connectivity index (χ2n) is 8.59. The lowest BCUT2D eigenvalue weighted by Gasteiger charge is -2.23. The molecule has 4 rings (SSSR count). The van der Waals surface area contributed by atoms with Crippen LogP contribution in [0.4, 0.5) is 15.9 Å². The van der Waals surface area contributed by atoms with E-state index in [1.807, 2.05) is 6.92 Å². The highest BCUT2D eigenvalue weighted by Gasteiger charge is 2.21. The molecule has 34 heavy (non-hydrogen) atoms. The number of aryl methyl sites for hydroxylation is 1. The van der Waals surface area contributed by atoms with Crippen molar-refractivity contribution < 1.29 is 14.1 Å². The van der Waals surface area contributed by atoms with Crippen LogP contribution in [0.2, 0.25) is 10.0 Å². The van der Waals surface area contributed by atoms with Crippen molar-refractivity contribution in [3.05, 3.63) is 93.0 Å². The monoisotopic (exact) mass is 498 g/mol. The third-order valence-electron chi connectivity index (χ3n) is 6.16. The maximum atomic E-state index is 14.8. The van der Waals surface area contributed by atoms with Crippen LogP contribution in [0, 0.1) is 6.92 Å². The molecular weight excluding hydrogens is 474 g/mol. The van der Waals surface area contributed by atoms with Crippen LogP contribution in [-0.4, -0.2) is 17.7 Å². The Hall–Kier alpha value is -2.89. The molecule has 0 heterocycles. The lowest BCUT2D eigenvalue weighted by atomic mass is 9.94. The number of nitrogens with zero attached hydrogens (tertiary/aromatic N) is 1. The zero-order chi connectivity index (χ0) is 24.2. The molecule has 1 N–H and O–H groups in total. The standard InChI is InChI=1S/C27H25Cl2FN2O2/c1-17-7-8-18(27(34)31-20-5-3-2-4-6-20)15-24(17)26(33)23-14-13-22(16-25(23)29)32(30)21-11-9-19(28)10-12-21/h7-16,20H,2-6H2,1H3,(H,31,34). The molecule has 1 amide bonds. The number of halogens is 3. The summed E-state index contributed by atoms with van der Waals surface area (Å²) in [6.07, 6.45) is 5.39. The number of amides is 1. The fourth-order valence-electron chi connectivity index (χ4n) is 4.20. The van der Waals surface area contributed by atoms with Crippen LogP contribution in [0.3, 0.4) is 0 Å². The minimum Gasteiger partial charge on any atom is -0.349 e. The van der Waals surface area contributed by atoms with Crippen LogP contribution >= 0.6 is 23.2 Å². The fraction of sp³-hybridized carbons (Fsp3) is 0.259. The van der Waals surface area contributed by atoms with E-state index in [4.69, 9.17) is 23.2 Å². The fourth-order valence-corrected chi connectivity index (χ4v) is 4.59. The number of rotatable bonds is 6. The molecule has 1 saturated carbocycles. The van der Waals surface area contributed by atoms with E-state index in [0.717, 1.165) is 31.2 Å². The molecule has 0 aromatic heterocycles. The van der Waals surface area contributed by atoms with E-state index in [0.29, 0.717) is 21.3 Å². The highest BCUT2D eigenvalue weighted by atomic mass is 35.5. The van der Waals surface area contributed by atoms with Gasteiger partial charge in [-0.15, -0.1) is 0 Å². The van der Waals surface area contributed by atoms with Gasteiger partial charge in [0.2, 0.25) is 0 Å². The first-order chi connectivity index (χ1) is 16.3. The van der Waals surface area contributed by atoms with Crippen LogP contribution < -0.4 is 10.4 Å². The number of hydrogen-bond acceptors (Lipinski definition) is 3. The van der Waals surface area contributed by atoms with Crippen molar-refractivity contribution in [1.82, 2.24) is 5.32 Å². The summed E-state index contributed by atoms with van der Waals surface area (Å²) < 4.78 is 14.8. The van der Waals surface area contributed by atoms with E-state index >= 15 is 0 Å². The number of anilines is 2. The van der Waals surface area contributed by atoms with Crippen molar-refractivity contribution >= 4 is 46.3 Å². The molecular formula is C27H25Cl2FN2O2. The van der Waals surface area contributed by atoms with E-state index in [1.165, 1.54) is 24.6 Å². The van der Waals surface area contributed by atoms with Gasteiger partial charge in [0.1, 0.15) is 0 Å². The third kappa shape index (κ3) is 5.43. The van der Waals surface area contributed by atoms with Gasteiger partial charge >= 0.3 is 0 Å². The average molecular weight is 499 g/mol. The molecule has 0 atom stereocenters. The molecule has 1 fully saturated rings. The molecule has 0 radical (unpaired) electrons. The Kier molecular flexibility index (Phi) is 7.54. The predicted molar refractivity (Wildman–Crippen MR) is 135 cm³/mol. The van der Waals surface area contributed by atoms with Gasteiger partial charge in [-0.1, -0.05) is 53.0 Å². The van der Waals surface area contributed by atoms with E-state index < -0.39 is 0 Å². The van der Waals surface area contributed by atoms with Crippen molar-refractivity contribution in [1.29, 1.82) is 0 Å². The lowest BCUT2D eigenvalue weighted by Crippen LogP contribution is -2.36. The van der Waals surface area contributed by atoms with Gasteiger partial charge in [0, 0.05) is 27.8 Å². The Bertz CT molecular complexity index is 1210. The van der Waals surface area contributed by atoms with Crippen molar-refractivity contribution in [3.8, 4) is 0 Å². The number of carbonyl (C=O) groups excluding carboxylic acids is 2. The molecule has 3 aromatic carbocycles. The van der Waals surface area contributed by atoms with Crippen molar-refractivity contribution in [2.24, 2.45) is 0 Å². The van der Waals surface area contributed by atoms with E-state index in [9.17, 15) is 14.1 Å². The first kappa shape index (κ1) is 24.2. The molecule has 176 valence electrons. The molecule has 7 heteroatoms. The van der Waals surface area contributed by atoms with Gasteiger partial charge in [-0.3, -0.25) is 9.59 Å². The van der Waals surface area contributed by atoms with E-state index in [-0.39, 0.29) is 39.7 Å². The SMILES string of the molecule is Cc1ccc(C(=O)NC2CCCCC2)cc1C(=O)c1ccc(N(F)c2ccc(Cl)cc2)cc1Cl. The molecule has 0 spiro atoms. The molecule has 0 unspecified atom stereocenters. The first-order valence-electron chi connectivity index (χ1n) is 11.3. The molecule has 3 aromatic rings. The maximum Gasteiger partial charge on any atom is 0.251 e. The van der Waals surface area contributed by atoms with Gasteiger partial charge in [0.15, 0.2) is 5.78 Å². The minimum absolute atomic E-state index is 0.121. The third-order valence-corrected chi connectivity index (χ3v) is 6.73. The first-order valence-corrected chi connectivity index (χ1v) is 12.1. The highest BCUT2D eigenvalue weighted by Crippen LogP contribution is 2.32. The second kappa shape index (κ2) is 10.6. The van der Waals surface area contributed by atoms with Crippen LogP contribution in [0.25, 0.3) is 0 Å². The number of carbonyl (C=O) groups is 2. The van der Waals surface area contributed by atoms with Gasteiger partial charge in [-0.25, -0.2) is 0 Å². The van der Waals surface area contributed by atoms with Gasteiger partial charge in [0.05, 0.1) is 16.4 Å². The summed E-state index contributed by atoms with van der Waals surface area (Å²) in [6, 6.07) is 15.9. The van der Waals surface area contributed by atoms with Crippen LogP contribution in [0.5, 0.6) is 0 Å². The Morgan fingerprint density at radius 3 is 2.24 bits per heavy atom. The summed E-state index contributed by atoms with van der Waals surface area (Å²) in [7, 11) is 0. The summed E-state index contributed by atoms with van der Waals surface area (Å²) in [5, 5.41) is 4.17. The average Bonchev–Trinajstić information content (AvgIpc) is 2.84. The van der Waals surface area contributed by atoms with Gasteiger partial charge < -0.3 is 5.32 Å². The summed E-state index contributed by atoms with van der Waals surface area (Å²) in [5.41, 5.74) is 2.26. The van der Waals surface area contributed by atoms with Gasteiger partial charge in [0.25, 0.3) is 5.91 Å². The van der Waals surface area contributed by atoms with Crippen LogP contribution in [0.15, 0.2) is 60.7 Å². The van der Waals surface area contributed by atoms with Crippen LogP contribution in [-0.2, 0) is 0 Å². The summed E-state index contributed by atoms with van der Waals surface area (Å²) >= 11 is 12.3. The number of nitrogens with one attached hydrogen (secondary N) is 1. The van der Waals surface area contributed by atoms with Crippen molar-refractivity contribution in [3.63, 3.8) is 0 Å². The van der Waals surface area contributed by atoms with Crippen LogP contribution in [0.1, 0.15) is 63.9 Å². The second-order valence-corrected chi connectivity index (χ2v) is 9.43. The predicted octanol–water partition coefficient (Wildman–Crippen LogP) is 7.62. The summed E-state index contributed by atoms with van der Waals surface area (Å²) in [6.45, 7) is 1.81. The van der Waals surface area contributed by atoms with Gasteiger partial charge in [-0.2, -0.15) is 5.12 Å². The van der Waals surface area contributed by atoms with Crippen molar-refractivity contribution in [2.75, 3.05) is 5.12 Å². The zero-order valence-corrected chi connectivity index (χ0v) is 20.3. The normalized spacial score (nSPS) is 14.0. The molecule has 4 nitrogen and oxygen atoms in total. The topological polar surface area (TPSA) is 49.4 Å². The summed E-state index contributed by atoms with van der Waals surface area (Å²) in [5.74, 6) is -0.503. The largest absolute Gasteiger partial charge is 0.349 e. The highest BCUT2D eigenvalue weighted by molar-refractivity contribution is 6.35. The number of benzene rings is 3. The lowest BCUT2D eigenvalue weighted by molar-refractivity contribution is 0.0927. The molecule has 0 bridgehead atoms. The number of hydrogen-bond donors (Lipinski definition) is 1. The zero-order valence-electron chi connectivity index (χ0n) is 18.8.